The van der Waals surface area contributed by atoms with Crippen molar-refractivity contribution >= 4 is 23.1 Å². The van der Waals surface area contributed by atoms with Gasteiger partial charge in [-0.3, -0.25) is 9.59 Å². The smallest absolute Gasteiger partial charge is 0.282 e. The molecule has 0 spiro atoms. The van der Waals surface area contributed by atoms with Gasteiger partial charge < -0.3 is 14.5 Å². The van der Waals surface area contributed by atoms with E-state index in [4.69, 9.17) is 4.74 Å². The SMILES string of the molecule is CCN1CCN(C2=C(c3ccc(OC(C)C)cc3)C(=O)N(c3ccc(F)c(F)c3)C2=O)CC1. The minimum absolute atomic E-state index is 0.000887. The number of halogens is 2. The Kier molecular flexibility index (Phi) is 6.47. The average molecular weight is 456 g/mol. The van der Waals surface area contributed by atoms with E-state index in [1.54, 1.807) is 24.3 Å². The molecule has 33 heavy (non-hydrogen) atoms. The van der Waals surface area contributed by atoms with Crippen molar-refractivity contribution in [2.45, 2.75) is 26.9 Å². The minimum Gasteiger partial charge on any atom is -0.491 e. The van der Waals surface area contributed by atoms with Crippen molar-refractivity contribution < 1.29 is 23.1 Å². The second kappa shape index (κ2) is 9.31. The highest BCUT2D eigenvalue weighted by Crippen LogP contribution is 2.36. The van der Waals surface area contributed by atoms with Crippen molar-refractivity contribution in [3.05, 3.63) is 65.4 Å². The third kappa shape index (κ3) is 4.48. The minimum atomic E-state index is -1.12. The van der Waals surface area contributed by atoms with Gasteiger partial charge in [-0.1, -0.05) is 19.1 Å². The summed E-state index contributed by atoms with van der Waals surface area (Å²) >= 11 is 0. The number of amides is 2. The van der Waals surface area contributed by atoms with Gasteiger partial charge in [0.05, 0.1) is 17.4 Å². The molecule has 0 saturated carbocycles. The molecule has 2 aromatic carbocycles. The summed E-state index contributed by atoms with van der Waals surface area (Å²) < 4.78 is 33.1. The summed E-state index contributed by atoms with van der Waals surface area (Å²) in [6.07, 6.45) is -0.000887. The lowest BCUT2D eigenvalue weighted by Crippen LogP contribution is -2.47. The molecule has 1 fully saturated rings. The number of carbonyl (C=O) groups is 2. The molecule has 1 saturated heterocycles. The Bertz CT molecular complexity index is 1090. The Morgan fingerprint density at radius 1 is 0.909 bits per heavy atom. The predicted molar refractivity (Wildman–Crippen MR) is 122 cm³/mol. The molecule has 0 aromatic heterocycles. The number of hydrogen-bond donors (Lipinski definition) is 0. The molecule has 0 aliphatic carbocycles. The molecule has 2 heterocycles. The molecular weight excluding hydrogens is 428 g/mol. The number of piperazine rings is 1. The largest absolute Gasteiger partial charge is 0.491 e. The van der Waals surface area contributed by atoms with E-state index in [9.17, 15) is 18.4 Å². The lowest BCUT2D eigenvalue weighted by molar-refractivity contribution is -0.120. The summed E-state index contributed by atoms with van der Waals surface area (Å²) in [6, 6.07) is 10.0. The van der Waals surface area contributed by atoms with Crippen molar-refractivity contribution in [3.8, 4) is 5.75 Å². The Morgan fingerprint density at radius 2 is 1.58 bits per heavy atom. The molecule has 6 nitrogen and oxygen atoms in total. The van der Waals surface area contributed by atoms with E-state index < -0.39 is 23.4 Å². The third-order valence-corrected chi connectivity index (χ3v) is 5.87. The average Bonchev–Trinajstić information content (AvgIpc) is 3.06. The van der Waals surface area contributed by atoms with Gasteiger partial charge in [0.15, 0.2) is 11.6 Å². The Morgan fingerprint density at radius 3 is 2.15 bits per heavy atom. The lowest BCUT2D eigenvalue weighted by atomic mass is 10.0. The van der Waals surface area contributed by atoms with Gasteiger partial charge in [0.2, 0.25) is 0 Å². The number of likely N-dealkylation sites (N-methyl/N-ethyl adjacent to an activating group) is 1. The van der Waals surface area contributed by atoms with E-state index in [2.05, 4.69) is 11.8 Å². The van der Waals surface area contributed by atoms with Gasteiger partial charge in [-0.05, 0) is 50.2 Å². The first-order chi connectivity index (χ1) is 15.8. The van der Waals surface area contributed by atoms with Gasteiger partial charge in [-0.25, -0.2) is 13.7 Å². The summed E-state index contributed by atoms with van der Waals surface area (Å²) in [5.74, 6) is -2.59. The summed E-state index contributed by atoms with van der Waals surface area (Å²) in [5, 5.41) is 0. The summed E-state index contributed by atoms with van der Waals surface area (Å²) in [7, 11) is 0. The van der Waals surface area contributed by atoms with Crippen LogP contribution in [0, 0.1) is 11.6 Å². The molecule has 0 atom stereocenters. The molecule has 0 unspecified atom stereocenters. The fourth-order valence-electron chi connectivity index (χ4n) is 4.19. The van der Waals surface area contributed by atoms with Gasteiger partial charge in [-0.2, -0.15) is 0 Å². The topological polar surface area (TPSA) is 53.1 Å². The quantitative estimate of drug-likeness (QED) is 0.622. The van der Waals surface area contributed by atoms with Crippen LogP contribution in [0.1, 0.15) is 26.3 Å². The maximum absolute atomic E-state index is 13.9. The lowest BCUT2D eigenvalue weighted by Gasteiger charge is -2.36. The molecular formula is C25H27F2N3O3. The number of hydrogen-bond acceptors (Lipinski definition) is 5. The number of anilines is 1. The van der Waals surface area contributed by atoms with E-state index in [0.717, 1.165) is 36.7 Å². The van der Waals surface area contributed by atoms with Crippen LogP contribution in [0.25, 0.3) is 5.57 Å². The zero-order valence-electron chi connectivity index (χ0n) is 19.0. The first-order valence-electron chi connectivity index (χ1n) is 11.1. The van der Waals surface area contributed by atoms with Gasteiger partial charge in [0.1, 0.15) is 11.4 Å². The zero-order chi connectivity index (χ0) is 23.7. The van der Waals surface area contributed by atoms with Crippen LogP contribution in [-0.4, -0.2) is 60.4 Å². The van der Waals surface area contributed by atoms with Crippen LogP contribution < -0.4 is 9.64 Å². The number of ether oxygens (including phenoxy) is 1. The van der Waals surface area contributed by atoms with Gasteiger partial charge in [0, 0.05) is 32.2 Å². The van der Waals surface area contributed by atoms with Crippen molar-refractivity contribution in [2.24, 2.45) is 0 Å². The number of rotatable bonds is 6. The number of nitrogens with zero attached hydrogens (tertiary/aromatic N) is 3. The van der Waals surface area contributed by atoms with Crippen LogP contribution in [0.3, 0.4) is 0 Å². The van der Waals surface area contributed by atoms with E-state index in [1.165, 1.54) is 6.07 Å². The van der Waals surface area contributed by atoms with Crippen LogP contribution in [-0.2, 0) is 9.59 Å². The van der Waals surface area contributed by atoms with Gasteiger partial charge in [-0.15, -0.1) is 0 Å². The Labute approximate surface area is 192 Å². The van der Waals surface area contributed by atoms with E-state index in [-0.39, 0.29) is 23.1 Å². The molecule has 174 valence electrons. The molecule has 8 heteroatoms. The Hall–Kier alpha value is -3.26. The van der Waals surface area contributed by atoms with Gasteiger partial charge >= 0.3 is 0 Å². The zero-order valence-corrected chi connectivity index (χ0v) is 19.0. The fraction of sp³-hybridized carbons (Fsp3) is 0.360. The molecule has 2 aromatic rings. The number of imide groups is 1. The molecule has 0 bridgehead atoms. The number of benzene rings is 2. The van der Waals surface area contributed by atoms with Crippen molar-refractivity contribution in [2.75, 3.05) is 37.6 Å². The van der Waals surface area contributed by atoms with Crippen molar-refractivity contribution in [3.63, 3.8) is 0 Å². The van der Waals surface area contributed by atoms with Crippen LogP contribution >= 0.6 is 0 Å². The number of carbonyl (C=O) groups excluding carboxylic acids is 2. The van der Waals surface area contributed by atoms with Gasteiger partial charge in [0.25, 0.3) is 11.8 Å². The fourth-order valence-corrected chi connectivity index (χ4v) is 4.19. The molecule has 0 radical (unpaired) electrons. The first-order valence-corrected chi connectivity index (χ1v) is 11.1. The van der Waals surface area contributed by atoms with E-state index in [0.29, 0.717) is 24.4 Å². The molecule has 4 rings (SSSR count). The third-order valence-electron chi connectivity index (χ3n) is 5.87. The first kappa shape index (κ1) is 22.9. The monoisotopic (exact) mass is 455 g/mol. The molecule has 0 N–H and O–H groups in total. The van der Waals surface area contributed by atoms with Crippen LogP contribution in [0.4, 0.5) is 14.5 Å². The van der Waals surface area contributed by atoms with Crippen LogP contribution in [0.5, 0.6) is 5.75 Å². The van der Waals surface area contributed by atoms with E-state index >= 15 is 0 Å². The molecule has 2 amide bonds. The normalized spacial score (nSPS) is 17.5. The highest BCUT2D eigenvalue weighted by molar-refractivity contribution is 6.45. The summed E-state index contributed by atoms with van der Waals surface area (Å²) in [6.45, 7) is 9.54. The molecule has 2 aliphatic heterocycles. The van der Waals surface area contributed by atoms with Crippen LogP contribution in [0.2, 0.25) is 0 Å². The Balaban J connectivity index is 1.75. The molecule has 2 aliphatic rings. The maximum atomic E-state index is 13.9. The standard InChI is InChI=1S/C25H27F2N3O3/c1-4-28-11-13-29(14-12-28)23-22(17-5-8-19(9-6-17)33-16(2)3)24(31)30(25(23)32)18-7-10-20(26)21(27)15-18/h5-10,15-16H,4,11-14H2,1-3H3. The van der Waals surface area contributed by atoms with E-state index in [1.807, 2.05) is 18.7 Å². The second-order valence-corrected chi connectivity index (χ2v) is 8.38. The summed E-state index contributed by atoms with van der Waals surface area (Å²) in [5.41, 5.74) is 1.12. The van der Waals surface area contributed by atoms with Crippen molar-refractivity contribution in [1.82, 2.24) is 9.80 Å². The predicted octanol–water partition coefficient (Wildman–Crippen LogP) is 3.67. The summed E-state index contributed by atoms with van der Waals surface area (Å²) in [4.78, 5) is 32.1. The van der Waals surface area contributed by atoms with Crippen molar-refractivity contribution in [1.29, 1.82) is 0 Å². The highest BCUT2D eigenvalue weighted by atomic mass is 19.2. The second-order valence-electron chi connectivity index (χ2n) is 8.38. The van der Waals surface area contributed by atoms with Crippen LogP contribution in [0.15, 0.2) is 48.2 Å². The maximum Gasteiger partial charge on any atom is 0.282 e. The highest BCUT2D eigenvalue weighted by Gasteiger charge is 2.43.